The van der Waals surface area contributed by atoms with E-state index in [0.29, 0.717) is 0 Å². The number of aromatic nitrogens is 2. The molecule has 106 valence electrons. The third-order valence-corrected chi connectivity index (χ3v) is 3.57. The normalized spacial score (nSPS) is 10.8. The minimum Gasteiger partial charge on any atom is -0.396 e. The predicted molar refractivity (Wildman–Crippen MR) is 81.0 cm³/mol. The van der Waals surface area contributed by atoms with Crippen molar-refractivity contribution in [1.82, 2.24) is 9.78 Å². The summed E-state index contributed by atoms with van der Waals surface area (Å²) in [5.74, 6) is -1.88. The van der Waals surface area contributed by atoms with Gasteiger partial charge in [0.2, 0.25) is 0 Å². The summed E-state index contributed by atoms with van der Waals surface area (Å²) in [7, 11) is 0. The molecule has 21 heavy (non-hydrogen) atoms. The number of rotatable bonds is 2. The number of benzene rings is 2. The molecule has 2 aromatic carbocycles. The van der Waals surface area contributed by atoms with E-state index in [2.05, 4.69) is 21.0 Å². The Kier molecular flexibility index (Phi) is 3.47. The van der Waals surface area contributed by atoms with Gasteiger partial charge in [-0.3, -0.25) is 0 Å². The maximum absolute atomic E-state index is 13.8. The minimum atomic E-state index is -0.953. The molecule has 0 aliphatic carbocycles. The highest BCUT2D eigenvalue weighted by Gasteiger charge is 2.16. The highest BCUT2D eigenvalue weighted by Crippen LogP contribution is 2.29. The molecule has 6 heteroatoms. The summed E-state index contributed by atoms with van der Waals surface area (Å²) in [5.41, 5.74) is 7.19. The van der Waals surface area contributed by atoms with E-state index in [1.54, 1.807) is 6.20 Å². The van der Waals surface area contributed by atoms with E-state index in [-0.39, 0.29) is 16.9 Å². The lowest BCUT2D eigenvalue weighted by atomic mass is 10.1. The average molecular weight is 350 g/mol. The van der Waals surface area contributed by atoms with Crippen molar-refractivity contribution in [3.8, 4) is 16.9 Å². The molecule has 0 fully saturated rings. The number of nitrogens with zero attached hydrogens (tertiary/aromatic N) is 2. The molecule has 3 aromatic rings. The number of nitrogen functional groups attached to an aromatic ring is 1. The first kappa shape index (κ1) is 13.8. The largest absolute Gasteiger partial charge is 0.396 e. The Hall–Kier alpha value is -2.21. The van der Waals surface area contributed by atoms with Crippen molar-refractivity contribution in [2.24, 2.45) is 0 Å². The molecule has 3 rings (SSSR count). The third kappa shape index (κ3) is 2.54. The van der Waals surface area contributed by atoms with E-state index < -0.39 is 11.6 Å². The molecule has 1 heterocycles. The molecule has 0 aliphatic heterocycles. The highest BCUT2D eigenvalue weighted by atomic mass is 79.9. The smallest absolute Gasteiger partial charge is 0.168 e. The van der Waals surface area contributed by atoms with E-state index in [4.69, 9.17) is 5.73 Å². The second-order valence-electron chi connectivity index (χ2n) is 4.46. The van der Waals surface area contributed by atoms with Crippen LogP contribution in [0.1, 0.15) is 0 Å². The SMILES string of the molecule is Nc1cn(-c2ccc(Br)cc2)nc1-c1cccc(F)c1F. The zero-order valence-electron chi connectivity index (χ0n) is 10.7. The molecular formula is C15H10BrF2N3. The van der Waals surface area contributed by atoms with Gasteiger partial charge in [-0.2, -0.15) is 5.10 Å². The summed E-state index contributed by atoms with van der Waals surface area (Å²) in [5, 5.41) is 4.25. The Morgan fingerprint density at radius 1 is 1.05 bits per heavy atom. The van der Waals surface area contributed by atoms with Crippen molar-refractivity contribution >= 4 is 21.6 Å². The van der Waals surface area contributed by atoms with Crippen LogP contribution in [-0.4, -0.2) is 9.78 Å². The van der Waals surface area contributed by atoms with Gasteiger partial charge < -0.3 is 5.73 Å². The molecule has 0 atom stereocenters. The Morgan fingerprint density at radius 3 is 2.48 bits per heavy atom. The fourth-order valence-electron chi connectivity index (χ4n) is 2.01. The first-order valence-corrected chi connectivity index (χ1v) is 6.91. The second-order valence-corrected chi connectivity index (χ2v) is 5.37. The monoisotopic (exact) mass is 349 g/mol. The predicted octanol–water partition coefficient (Wildman–Crippen LogP) is 4.16. The fourth-order valence-corrected chi connectivity index (χ4v) is 2.27. The Bertz CT molecular complexity index is 797. The number of anilines is 1. The molecule has 0 bridgehead atoms. The van der Waals surface area contributed by atoms with Crippen LogP contribution in [0.3, 0.4) is 0 Å². The average Bonchev–Trinajstić information content (AvgIpc) is 2.84. The second kappa shape index (κ2) is 5.29. The molecule has 0 unspecified atom stereocenters. The molecule has 0 saturated carbocycles. The van der Waals surface area contributed by atoms with Crippen molar-refractivity contribution in [3.05, 3.63) is 64.8 Å². The van der Waals surface area contributed by atoms with Crippen molar-refractivity contribution in [2.45, 2.75) is 0 Å². The van der Waals surface area contributed by atoms with Crippen LogP contribution < -0.4 is 5.73 Å². The van der Waals surface area contributed by atoms with Gasteiger partial charge in [-0.1, -0.05) is 22.0 Å². The van der Waals surface area contributed by atoms with Gasteiger partial charge in [-0.15, -0.1) is 0 Å². The van der Waals surface area contributed by atoms with Gasteiger partial charge in [0.15, 0.2) is 11.6 Å². The lowest BCUT2D eigenvalue weighted by Gasteiger charge is -2.02. The van der Waals surface area contributed by atoms with Crippen LogP contribution in [0.2, 0.25) is 0 Å². The molecule has 0 amide bonds. The topological polar surface area (TPSA) is 43.8 Å². The van der Waals surface area contributed by atoms with E-state index in [1.165, 1.54) is 16.8 Å². The van der Waals surface area contributed by atoms with Crippen LogP contribution in [0.15, 0.2) is 53.1 Å². The number of hydrogen-bond donors (Lipinski definition) is 1. The molecule has 0 aliphatic rings. The van der Waals surface area contributed by atoms with Crippen LogP contribution in [0.4, 0.5) is 14.5 Å². The quantitative estimate of drug-likeness (QED) is 0.754. The molecule has 0 saturated heterocycles. The maximum Gasteiger partial charge on any atom is 0.168 e. The Balaban J connectivity index is 2.10. The number of nitrogens with two attached hydrogens (primary N) is 1. The van der Waals surface area contributed by atoms with Gasteiger partial charge in [-0.25, -0.2) is 13.5 Å². The third-order valence-electron chi connectivity index (χ3n) is 3.04. The van der Waals surface area contributed by atoms with Crippen molar-refractivity contribution in [3.63, 3.8) is 0 Å². The van der Waals surface area contributed by atoms with Crippen LogP contribution >= 0.6 is 15.9 Å². The van der Waals surface area contributed by atoms with E-state index in [0.717, 1.165) is 16.2 Å². The van der Waals surface area contributed by atoms with Crippen LogP contribution in [-0.2, 0) is 0 Å². The summed E-state index contributed by atoms with van der Waals surface area (Å²) in [6.07, 6.45) is 1.57. The fraction of sp³-hybridized carbons (Fsp3) is 0. The van der Waals surface area contributed by atoms with Gasteiger partial charge in [0.1, 0.15) is 5.69 Å². The van der Waals surface area contributed by atoms with Gasteiger partial charge in [0.25, 0.3) is 0 Å². The summed E-state index contributed by atoms with van der Waals surface area (Å²) < 4.78 is 29.6. The zero-order chi connectivity index (χ0) is 15.0. The summed E-state index contributed by atoms with van der Waals surface area (Å²) in [6.45, 7) is 0. The molecule has 3 nitrogen and oxygen atoms in total. The first-order chi connectivity index (χ1) is 10.1. The maximum atomic E-state index is 13.8. The molecule has 0 spiro atoms. The molecule has 2 N–H and O–H groups in total. The van der Waals surface area contributed by atoms with Crippen molar-refractivity contribution < 1.29 is 8.78 Å². The lowest BCUT2D eigenvalue weighted by molar-refractivity contribution is 0.511. The standard InChI is InChI=1S/C15H10BrF2N3/c16-9-4-6-10(7-5-9)21-8-13(19)15(20-21)11-2-1-3-12(17)14(11)18/h1-8H,19H2. The number of halogens is 3. The van der Waals surface area contributed by atoms with Gasteiger partial charge in [0, 0.05) is 10.0 Å². The summed E-state index contributed by atoms with van der Waals surface area (Å²) in [6, 6.07) is 11.3. The molecular weight excluding hydrogens is 340 g/mol. The first-order valence-electron chi connectivity index (χ1n) is 6.12. The molecule has 0 radical (unpaired) electrons. The molecule has 1 aromatic heterocycles. The van der Waals surface area contributed by atoms with Gasteiger partial charge >= 0.3 is 0 Å². The van der Waals surface area contributed by atoms with E-state index >= 15 is 0 Å². The van der Waals surface area contributed by atoms with Gasteiger partial charge in [-0.05, 0) is 36.4 Å². The number of hydrogen-bond acceptors (Lipinski definition) is 2. The summed E-state index contributed by atoms with van der Waals surface area (Å²) in [4.78, 5) is 0. The summed E-state index contributed by atoms with van der Waals surface area (Å²) >= 11 is 3.35. The zero-order valence-corrected chi connectivity index (χ0v) is 12.3. The Labute approximate surface area is 128 Å². The minimum absolute atomic E-state index is 0.0448. The lowest BCUT2D eigenvalue weighted by Crippen LogP contribution is -1.96. The van der Waals surface area contributed by atoms with Crippen LogP contribution in [0, 0.1) is 11.6 Å². The van der Waals surface area contributed by atoms with Crippen LogP contribution in [0.5, 0.6) is 0 Å². The highest BCUT2D eigenvalue weighted by molar-refractivity contribution is 9.10. The van der Waals surface area contributed by atoms with Gasteiger partial charge in [0.05, 0.1) is 17.6 Å². The van der Waals surface area contributed by atoms with Crippen molar-refractivity contribution in [2.75, 3.05) is 5.73 Å². The van der Waals surface area contributed by atoms with Crippen LogP contribution in [0.25, 0.3) is 16.9 Å². The van der Waals surface area contributed by atoms with Crippen molar-refractivity contribution in [1.29, 1.82) is 0 Å². The van der Waals surface area contributed by atoms with E-state index in [1.807, 2.05) is 24.3 Å². The Morgan fingerprint density at radius 2 is 1.76 bits per heavy atom. The van der Waals surface area contributed by atoms with E-state index in [9.17, 15) is 8.78 Å².